The summed E-state index contributed by atoms with van der Waals surface area (Å²) in [5, 5.41) is 2.98. The fourth-order valence-corrected chi connectivity index (χ4v) is 4.80. The van der Waals surface area contributed by atoms with Gasteiger partial charge in [0.2, 0.25) is 0 Å². The normalized spacial score (nSPS) is 12.2. The number of halogens is 1. The number of nitrogens with one attached hydrogen (secondary N) is 2. The minimum Gasteiger partial charge on any atom is -0.350 e. The average Bonchev–Trinajstić information content (AvgIpc) is 2.74. The minimum atomic E-state index is -3.96. The predicted octanol–water partition coefficient (Wildman–Crippen LogP) is 5.20. The summed E-state index contributed by atoms with van der Waals surface area (Å²) in [7, 11) is -3.96. The summed E-state index contributed by atoms with van der Waals surface area (Å²) < 4.78 is 28.4. The van der Waals surface area contributed by atoms with Gasteiger partial charge in [0, 0.05) is 11.6 Å². The number of aryl methyl sites for hydroxylation is 2. The van der Waals surface area contributed by atoms with Crippen molar-refractivity contribution in [1.82, 2.24) is 5.32 Å². The summed E-state index contributed by atoms with van der Waals surface area (Å²) in [6, 6.07) is 21.3. The highest BCUT2D eigenvalue weighted by Crippen LogP contribution is 2.26. The van der Waals surface area contributed by atoms with Crippen LogP contribution in [0.25, 0.3) is 0 Å². The maximum Gasteiger partial charge on any atom is 0.263 e. The van der Waals surface area contributed by atoms with E-state index in [4.69, 9.17) is 11.6 Å². The molecule has 0 aromatic heterocycles. The number of carbonyl (C=O) groups is 1. The number of para-hydroxylation sites is 1. The zero-order chi connectivity index (χ0) is 22.4. The van der Waals surface area contributed by atoms with E-state index in [0.29, 0.717) is 5.69 Å². The van der Waals surface area contributed by atoms with Gasteiger partial charge in [0.1, 0.15) is 4.90 Å². The van der Waals surface area contributed by atoms with Gasteiger partial charge in [-0.3, -0.25) is 9.52 Å². The second kappa shape index (κ2) is 9.98. The van der Waals surface area contributed by atoms with Crippen LogP contribution in [-0.4, -0.2) is 20.4 Å². The number of hydrogen-bond acceptors (Lipinski definition) is 3. The monoisotopic (exact) mass is 456 g/mol. The SMILES string of the molecule is Cc1ccccc1NS(=O)(=O)c1cc(C(=O)N[C@@H](C)CCc2ccccc2)ccc1Cl. The van der Waals surface area contributed by atoms with Crippen molar-refractivity contribution in [3.63, 3.8) is 0 Å². The Hall–Kier alpha value is -2.83. The number of rotatable bonds is 8. The van der Waals surface area contributed by atoms with Gasteiger partial charge in [0.25, 0.3) is 15.9 Å². The van der Waals surface area contributed by atoms with Gasteiger partial charge < -0.3 is 5.32 Å². The van der Waals surface area contributed by atoms with Crippen molar-refractivity contribution in [1.29, 1.82) is 0 Å². The molecule has 0 heterocycles. The van der Waals surface area contributed by atoms with E-state index in [0.717, 1.165) is 18.4 Å². The molecule has 1 amide bonds. The molecule has 162 valence electrons. The number of sulfonamides is 1. The first-order valence-corrected chi connectivity index (χ1v) is 11.8. The van der Waals surface area contributed by atoms with Gasteiger partial charge in [-0.1, -0.05) is 60.1 Å². The van der Waals surface area contributed by atoms with Crippen molar-refractivity contribution in [2.75, 3.05) is 4.72 Å². The highest BCUT2D eigenvalue weighted by Gasteiger charge is 2.21. The molecule has 2 N–H and O–H groups in total. The van der Waals surface area contributed by atoms with Crippen LogP contribution in [0, 0.1) is 6.92 Å². The minimum absolute atomic E-state index is 0.0507. The molecule has 3 aromatic carbocycles. The zero-order valence-corrected chi connectivity index (χ0v) is 19.0. The Bertz CT molecular complexity index is 1160. The first-order valence-electron chi connectivity index (χ1n) is 9.99. The Morgan fingerprint density at radius 3 is 2.39 bits per heavy atom. The number of anilines is 1. The maximum atomic E-state index is 12.9. The van der Waals surface area contributed by atoms with Crippen molar-refractivity contribution in [2.24, 2.45) is 0 Å². The molecule has 0 radical (unpaired) electrons. The molecule has 0 bridgehead atoms. The van der Waals surface area contributed by atoms with E-state index < -0.39 is 10.0 Å². The van der Waals surface area contributed by atoms with Gasteiger partial charge in [-0.25, -0.2) is 8.42 Å². The smallest absolute Gasteiger partial charge is 0.263 e. The lowest BCUT2D eigenvalue weighted by Crippen LogP contribution is -2.33. The zero-order valence-electron chi connectivity index (χ0n) is 17.4. The van der Waals surface area contributed by atoms with Gasteiger partial charge in [0.05, 0.1) is 10.7 Å². The van der Waals surface area contributed by atoms with Crippen LogP contribution in [-0.2, 0) is 16.4 Å². The molecular formula is C24H25ClN2O3S. The van der Waals surface area contributed by atoms with Gasteiger partial charge in [-0.15, -0.1) is 0 Å². The molecule has 3 rings (SSSR count). The first kappa shape index (κ1) is 22.8. The molecule has 7 heteroatoms. The van der Waals surface area contributed by atoms with E-state index in [1.54, 1.807) is 25.1 Å². The molecule has 0 aliphatic carbocycles. The van der Waals surface area contributed by atoms with Gasteiger partial charge in [-0.05, 0) is 62.1 Å². The van der Waals surface area contributed by atoms with Gasteiger partial charge >= 0.3 is 0 Å². The number of hydrogen-bond donors (Lipinski definition) is 2. The fraction of sp³-hybridized carbons (Fsp3) is 0.208. The maximum absolute atomic E-state index is 12.9. The van der Waals surface area contributed by atoms with E-state index in [2.05, 4.69) is 10.0 Å². The largest absolute Gasteiger partial charge is 0.350 e. The Labute approximate surface area is 188 Å². The molecule has 0 fully saturated rings. The summed E-state index contributed by atoms with van der Waals surface area (Å²) >= 11 is 6.16. The second-order valence-electron chi connectivity index (χ2n) is 7.46. The van der Waals surface area contributed by atoms with Crippen LogP contribution in [0.2, 0.25) is 5.02 Å². The molecule has 0 saturated carbocycles. The average molecular weight is 457 g/mol. The van der Waals surface area contributed by atoms with Crippen molar-refractivity contribution in [3.05, 3.63) is 94.5 Å². The fourth-order valence-electron chi connectivity index (χ4n) is 3.14. The van der Waals surface area contributed by atoms with E-state index in [1.165, 1.54) is 23.8 Å². The van der Waals surface area contributed by atoms with E-state index >= 15 is 0 Å². The standard InChI is InChI=1S/C24H25ClN2O3S/c1-17-8-6-7-11-22(17)27-31(29,30)23-16-20(14-15-21(23)25)24(28)26-18(2)12-13-19-9-4-3-5-10-19/h3-11,14-16,18,27H,12-13H2,1-2H3,(H,26,28)/t18-/m0/s1. The third kappa shape index (κ3) is 6.09. The summed E-state index contributed by atoms with van der Waals surface area (Å²) in [5.41, 5.74) is 2.68. The van der Waals surface area contributed by atoms with Crippen molar-refractivity contribution in [2.45, 2.75) is 37.6 Å². The van der Waals surface area contributed by atoms with Crippen LogP contribution in [0.15, 0.2) is 77.7 Å². The predicted molar refractivity (Wildman–Crippen MR) is 125 cm³/mol. The lowest BCUT2D eigenvalue weighted by molar-refractivity contribution is 0.0938. The quantitative estimate of drug-likeness (QED) is 0.489. The highest BCUT2D eigenvalue weighted by atomic mass is 35.5. The molecule has 0 saturated heterocycles. The van der Waals surface area contributed by atoms with Gasteiger partial charge in [-0.2, -0.15) is 0 Å². The molecule has 5 nitrogen and oxygen atoms in total. The lowest BCUT2D eigenvalue weighted by Gasteiger charge is -2.15. The van der Waals surface area contributed by atoms with Crippen LogP contribution >= 0.6 is 11.6 Å². The Morgan fingerprint density at radius 2 is 1.68 bits per heavy atom. The molecule has 3 aromatic rings. The number of carbonyl (C=O) groups excluding carboxylic acids is 1. The molecule has 1 atom stereocenters. The lowest BCUT2D eigenvalue weighted by atomic mass is 10.1. The Kier molecular flexibility index (Phi) is 7.36. The molecule has 0 spiro atoms. The first-order chi connectivity index (χ1) is 14.8. The second-order valence-corrected chi connectivity index (χ2v) is 9.52. The van der Waals surface area contributed by atoms with Gasteiger partial charge in [0.15, 0.2) is 0 Å². The van der Waals surface area contributed by atoms with Crippen molar-refractivity contribution < 1.29 is 13.2 Å². The van der Waals surface area contributed by atoms with Crippen LogP contribution < -0.4 is 10.0 Å². The third-order valence-corrected chi connectivity index (χ3v) is 6.81. The summed E-state index contributed by atoms with van der Waals surface area (Å²) in [5.74, 6) is -0.343. The number of benzene rings is 3. The van der Waals surface area contributed by atoms with Crippen LogP contribution in [0.4, 0.5) is 5.69 Å². The van der Waals surface area contributed by atoms with Crippen LogP contribution in [0.1, 0.15) is 34.8 Å². The molecule has 0 aliphatic rings. The Morgan fingerprint density at radius 1 is 1.00 bits per heavy atom. The summed E-state index contributed by atoms with van der Waals surface area (Å²) in [6.07, 6.45) is 1.60. The summed E-state index contributed by atoms with van der Waals surface area (Å²) in [4.78, 5) is 12.6. The third-order valence-electron chi connectivity index (χ3n) is 4.96. The Balaban J connectivity index is 1.72. The van der Waals surface area contributed by atoms with Crippen LogP contribution in [0.5, 0.6) is 0 Å². The van der Waals surface area contributed by atoms with E-state index in [1.807, 2.05) is 43.3 Å². The van der Waals surface area contributed by atoms with Crippen molar-refractivity contribution in [3.8, 4) is 0 Å². The molecule has 0 unspecified atom stereocenters. The summed E-state index contributed by atoms with van der Waals surface area (Å²) in [6.45, 7) is 3.73. The topological polar surface area (TPSA) is 75.3 Å². The van der Waals surface area contributed by atoms with E-state index in [-0.39, 0.29) is 27.4 Å². The highest BCUT2D eigenvalue weighted by molar-refractivity contribution is 7.92. The molecular weight excluding hydrogens is 432 g/mol. The van der Waals surface area contributed by atoms with Crippen LogP contribution in [0.3, 0.4) is 0 Å². The molecule has 31 heavy (non-hydrogen) atoms. The van der Waals surface area contributed by atoms with E-state index in [9.17, 15) is 13.2 Å². The van der Waals surface area contributed by atoms with Crippen molar-refractivity contribution >= 4 is 33.2 Å². The number of amides is 1. The molecule has 0 aliphatic heterocycles.